The maximum atomic E-state index is 11.4. The zero-order chi connectivity index (χ0) is 13.9. The molecule has 5 heteroatoms. The number of nitrogens with two attached hydrogens (primary N) is 1. The van der Waals surface area contributed by atoms with Gasteiger partial charge in [-0.3, -0.25) is 0 Å². The van der Waals surface area contributed by atoms with Crippen molar-refractivity contribution in [2.24, 2.45) is 5.73 Å². The van der Waals surface area contributed by atoms with Crippen molar-refractivity contribution in [2.75, 3.05) is 18.1 Å². The molecule has 1 atom stereocenters. The van der Waals surface area contributed by atoms with Gasteiger partial charge in [-0.05, 0) is 31.0 Å². The van der Waals surface area contributed by atoms with E-state index in [9.17, 15) is 8.42 Å². The summed E-state index contributed by atoms with van der Waals surface area (Å²) in [5.74, 6) is 6.67. The fourth-order valence-electron chi connectivity index (χ4n) is 2.02. The summed E-state index contributed by atoms with van der Waals surface area (Å²) >= 11 is 0. The third-order valence-electron chi connectivity index (χ3n) is 2.94. The largest absolute Gasteiger partial charge is 0.488 e. The molecule has 1 aromatic rings. The van der Waals surface area contributed by atoms with Gasteiger partial charge in [-0.2, -0.15) is 0 Å². The topological polar surface area (TPSA) is 69.4 Å². The van der Waals surface area contributed by atoms with Gasteiger partial charge in [0.25, 0.3) is 0 Å². The Hall–Kier alpha value is -1.51. The van der Waals surface area contributed by atoms with E-state index in [0.29, 0.717) is 12.2 Å². The average molecular weight is 279 g/mol. The molecule has 2 rings (SSSR count). The van der Waals surface area contributed by atoms with Crippen LogP contribution in [0.2, 0.25) is 0 Å². The molecule has 0 amide bonds. The lowest BCUT2D eigenvalue weighted by Crippen LogP contribution is -2.18. The van der Waals surface area contributed by atoms with Crippen LogP contribution >= 0.6 is 0 Å². The smallest absolute Gasteiger partial charge is 0.154 e. The van der Waals surface area contributed by atoms with Crippen LogP contribution < -0.4 is 10.5 Å². The van der Waals surface area contributed by atoms with E-state index in [-0.39, 0.29) is 24.2 Å². The first-order chi connectivity index (χ1) is 9.00. The monoisotopic (exact) mass is 279 g/mol. The molecule has 1 aliphatic heterocycles. The van der Waals surface area contributed by atoms with E-state index in [1.807, 2.05) is 25.1 Å². The second-order valence-electron chi connectivity index (χ2n) is 4.65. The van der Waals surface area contributed by atoms with Gasteiger partial charge in [0.2, 0.25) is 0 Å². The van der Waals surface area contributed by atoms with Crippen molar-refractivity contribution in [3.63, 3.8) is 0 Å². The van der Waals surface area contributed by atoms with Crippen molar-refractivity contribution < 1.29 is 13.2 Å². The maximum absolute atomic E-state index is 11.4. The van der Waals surface area contributed by atoms with E-state index < -0.39 is 9.84 Å². The van der Waals surface area contributed by atoms with Crippen LogP contribution in [0.3, 0.4) is 0 Å². The van der Waals surface area contributed by atoms with E-state index >= 15 is 0 Å². The van der Waals surface area contributed by atoms with Gasteiger partial charge in [-0.1, -0.05) is 17.9 Å². The lowest BCUT2D eigenvalue weighted by molar-refractivity contribution is 0.228. The Kier molecular flexibility index (Phi) is 4.13. The van der Waals surface area contributed by atoms with Gasteiger partial charge >= 0.3 is 0 Å². The van der Waals surface area contributed by atoms with E-state index in [4.69, 9.17) is 10.5 Å². The molecule has 0 bridgehead atoms. The van der Waals surface area contributed by atoms with Gasteiger partial charge in [0.05, 0.1) is 23.6 Å². The normalized spacial score (nSPS) is 20.6. The molecule has 1 heterocycles. The second kappa shape index (κ2) is 5.64. The predicted molar refractivity (Wildman–Crippen MR) is 74.8 cm³/mol. The zero-order valence-electron chi connectivity index (χ0n) is 10.8. The van der Waals surface area contributed by atoms with Crippen LogP contribution in [0.5, 0.6) is 5.75 Å². The minimum Gasteiger partial charge on any atom is -0.488 e. The number of hydrogen-bond donors (Lipinski definition) is 1. The number of aryl methyl sites for hydroxylation is 1. The van der Waals surface area contributed by atoms with Crippen LogP contribution in [0.1, 0.15) is 17.5 Å². The van der Waals surface area contributed by atoms with Crippen LogP contribution in [0.4, 0.5) is 0 Å². The van der Waals surface area contributed by atoms with Crippen molar-refractivity contribution in [1.29, 1.82) is 0 Å². The third kappa shape index (κ3) is 3.72. The van der Waals surface area contributed by atoms with Gasteiger partial charge in [-0.25, -0.2) is 8.42 Å². The van der Waals surface area contributed by atoms with Crippen molar-refractivity contribution in [1.82, 2.24) is 0 Å². The first kappa shape index (κ1) is 13.9. The fourth-order valence-corrected chi connectivity index (χ4v) is 3.61. The van der Waals surface area contributed by atoms with Gasteiger partial charge in [0, 0.05) is 0 Å². The highest BCUT2D eigenvalue weighted by atomic mass is 32.2. The number of benzene rings is 1. The van der Waals surface area contributed by atoms with Crippen molar-refractivity contribution in [3.05, 3.63) is 29.3 Å². The Labute approximate surface area is 113 Å². The minimum absolute atomic E-state index is 0.0879. The first-order valence-electron chi connectivity index (χ1n) is 6.17. The zero-order valence-corrected chi connectivity index (χ0v) is 11.7. The minimum atomic E-state index is -2.93. The van der Waals surface area contributed by atoms with E-state index in [0.717, 1.165) is 11.1 Å². The van der Waals surface area contributed by atoms with Crippen LogP contribution in [-0.2, 0) is 9.84 Å². The molecule has 1 saturated heterocycles. The molecule has 1 aromatic carbocycles. The quantitative estimate of drug-likeness (QED) is 0.816. The fraction of sp³-hybridized carbons (Fsp3) is 0.429. The summed E-state index contributed by atoms with van der Waals surface area (Å²) in [5.41, 5.74) is 7.21. The van der Waals surface area contributed by atoms with Gasteiger partial charge in [-0.15, -0.1) is 0 Å². The van der Waals surface area contributed by atoms with Crippen LogP contribution in [-0.4, -0.2) is 32.6 Å². The molecule has 4 nitrogen and oxygen atoms in total. The maximum Gasteiger partial charge on any atom is 0.154 e. The SMILES string of the molecule is Cc1ccc(OC2CCS(=O)(=O)C2)c(C#CCN)c1. The highest BCUT2D eigenvalue weighted by Crippen LogP contribution is 2.24. The summed E-state index contributed by atoms with van der Waals surface area (Å²) in [6.45, 7) is 2.25. The highest BCUT2D eigenvalue weighted by molar-refractivity contribution is 7.91. The predicted octanol–water partition coefficient (Wildman–Crippen LogP) is 0.871. The number of ether oxygens (including phenoxy) is 1. The Morgan fingerprint density at radius 2 is 2.26 bits per heavy atom. The summed E-state index contributed by atoms with van der Waals surface area (Å²) in [5, 5.41) is 0. The third-order valence-corrected chi connectivity index (χ3v) is 4.68. The second-order valence-corrected chi connectivity index (χ2v) is 6.88. The highest BCUT2D eigenvalue weighted by Gasteiger charge is 2.29. The Balaban J connectivity index is 2.20. The molecule has 1 aliphatic rings. The Morgan fingerprint density at radius 1 is 1.47 bits per heavy atom. The number of rotatable bonds is 2. The van der Waals surface area contributed by atoms with Crippen LogP contribution in [0.25, 0.3) is 0 Å². The van der Waals surface area contributed by atoms with E-state index in [1.54, 1.807) is 0 Å². The molecule has 1 unspecified atom stereocenters. The molecule has 19 heavy (non-hydrogen) atoms. The average Bonchev–Trinajstić information content (AvgIpc) is 2.69. The Bertz CT molecular complexity index is 626. The molecule has 0 spiro atoms. The van der Waals surface area contributed by atoms with Crippen molar-refractivity contribution >= 4 is 9.84 Å². The van der Waals surface area contributed by atoms with Gasteiger partial charge in [0.1, 0.15) is 11.9 Å². The van der Waals surface area contributed by atoms with Gasteiger partial charge in [0.15, 0.2) is 9.84 Å². The molecule has 102 valence electrons. The standard InChI is InChI=1S/C14H17NO3S/c1-11-4-5-14(12(9-11)3-2-7-15)18-13-6-8-19(16,17)10-13/h4-5,9,13H,6-8,10,15H2,1H3. The molecular weight excluding hydrogens is 262 g/mol. The summed E-state index contributed by atoms with van der Waals surface area (Å²) in [4.78, 5) is 0. The molecule has 2 N–H and O–H groups in total. The van der Waals surface area contributed by atoms with E-state index in [1.165, 1.54) is 0 Å². The van der Waals surface area contributed by atoms with Gasteiger partial charge < -0.3 is 10.5 Å². The van der Waals surface area contributed by atoms with Crippen molar-refractivity contribution in [3.8, 4) is 17.6 Å². The molecule has 1 fully saturated rings. The molecule has 0 radical (unpaired) electrons. The molecule has 0 aromatic heterocycles. The molecule has 0 aliphatic carbocycles. The Morgan fingerprint density at radius 3 is 2.89 bits per heavy atom. The van der Waals surface area contributed by atoms with Crippen LogP contribution in [0, 0.1) is 18.8 Å². The lowest BCUT2D eigenvalue weighted by Gasteiger charge is -2.14. The first-order valence-corrected chi connectivity index (χ1v) is 7.99. The molecular formula is C14H17NO3S. The molecule has 0 saturated carbocycles. The summed E-state index contributed by atoms with van der Waals surface area (Å²) in [7, 11) is -2.93. The summed E-state index contributed by atoms with van der Waals surface area (Å²) in [6.07, 6.45) is 0.270. The number of hydrogen-bond acceptors (Lipinski definition) is 4. The summed E-state index contributed by atoms with van der Waals surface area (Å²) < 4.78 is 28.6. The summed E-state index contributed by atoms with van der Waals surface area (Å²) in [6, 6.07) is 5.68. The van der Waals surface area contributed by atoms with E-state index in [2.05, 4.69) is 11.8 Å². The number of sulfone groups is 1. The lowest BCUT2D eigenvalue weighted by atomic mass is 10.1. The van der Waals surface area contributed by atoms with Crippen LogP contribution in [0.15, 0.2) is 18.2 Å². The van der Waals surface area contributed by atoms with Crippen molar-refractivity contribution in [2.45, 2.75) is 19.4 Å².